The van der Waals surface area contributed by atoms with Crippen LogP contribution in [0.15, 0.2) is 9.98 Å². The molecule has 3 heteroatoms. The quantitative estimate of drug-likeness (QED) is 0.353. The minimum absolute atomic E-state index is 0.795. The molecule has 1 aliphatic rings. The Labute approximate surface area is 80.8 Å². The molecule has 74 valence electrons. The zero-order valence-corrected chi connectivity index (χ0v) is 8.79. The van der Waals surface area contributed by atoms with Crippen LogP contribution in [-0.4, -0.2) is 43.8 Å². The monoisotopic (exact) mass is 182 g/mol. The Morgan fingerprint density at radius 2 is 1.92 bits per heavy atom. The van der Waals surface area contributed by atoms with Crippen LogP contribution in [0.4, 0.5) is 0 Å². The maximum Gasteiger partial charge on any atom is 0.196 e. The summed E-state index contributed by atoms with van der Waals surface area (Å²) >= 11 is 0. The van der Waals surface area contributed by atoms with Crippen molar-refractivity contribution in [2.24, 2.45) is 9.98 Å². The lowest BCUT2D eigenvalue weighted by Gasteiger charge is -2.38. The molecule has 1 fully saturated rings. The van der Waals surface area contributed by atoms with Crippen molar-refractivity contribution in [3.63, 3.8) is 0 Å². The lowest BCUT2D eigenvalue weighted by Crippen LogP contribution is -2.54. The van der Waals surface area contributed by atoms with E-state index in [1.54, 1.807) is 0 Å². The number of likely N-dealkylation sites (tertiary alicyclic amines) is 1. The van der Waals surface area contributed by atoms with Crippen molar-refractivity contribution < 1.29 is 4.48 Å². The van der Waals surface area contributed by atoms with Crippen LogP contribution < -0.4 is 0 Å². The molecule has 0 aromatic heterocycles. The zero-order valence-electron chi connectivity index (χ0n) is 8.79. The van der Waals surface area contributed by atoms with E-state index < -0.39 is 0 Å². The topological polar surface area (TPSA) is 24.7 Å². The van der Waals surface area contributed by atoms with Gasteiger partial charge in [-0.15, -0.1) is 0 Å². The second-order valence-corrected chi connectivity index (χ2v) is 3.79. The van der Waals surface area contributed by atoms with E-state index in [1.807, 2.05) is 7.05 Å². The Balaban J connectivity index is 2.78. The third-order valence-electron chi connectivity index (χ3n) is 3.05. The first-order valence-corrected chi connectivity index (χ1v) is 4.98. The van der Waals surface area contributed by atoms with Crippen LogP contribution in [0.3, 0.4) is 0 Å². The third-order valence-corrected chi connectivity index (χ3v) is 3.05. The van der Waals surface area contributed by atoms with Gasteiger partial charge in [-0.1, -0.05) is 0 Å². The first-order valence-electron chi connectivity index (χ1n) is 4.98. The number of nitrogens with zero attached hydrogens (tertiary/aromatic N) is 3. The fourth-order valence-electron chi connectivity index (χ4n) is 2.09. The molecule has 0 N–H and O–H groups in total. The summed E-state index contributed by atoms with van der Waals surface area (Å²) in [6, 6.07) is 0. The van der Waals surface area contributed by atoms with Gasteiger partial charge in [0.2, 0.25) is 0 Å². The van der Waals surface area contributed by atoms with Gasteiger partial charge in [-0.05, 0) is 26.0 Å². The zero-order chi connectivity index (χ0) is 9.73. The molecule has 0 bridgehead atoms. The summed E-state index contributed by atoms with van der Waals surface area (Å²) in [5, 5.41) is 0. The molecule has 1 rings (SSSR count). The van der Waals surface area contributed by atoms with Crippen molar-refractivity contribution in [2.45, 2.75) is 26.2 Å². The van der Waals surface area contributed by atoms with E-state index in [0.29, 0.717) is 0 Å². The predicted molar refractivity (Wildman–Crippen MR) is 57.3 cm³/mol. The number of piperidine rings is 1. The van der Waals surface area contributed by atoms with Gasteiger partial charge in [0.25, 0.3) is 0 Å². The smallest absolute Gasteiger partial charge is 0.196 e. The fourth-order valence-corrected chi connectivity index (χ4v) is 2.09. The molecule has 3 nitrogen and oxygen atoms in total. The van der Waals surface area contributed by atoms with E-state index >= 15 is 0 Å². The van der Waals surface area contributed by atoms with Gasteiger partial charge >= 0.3 is 0 Å². The van der Waals surface area contributed by atoms with Gasteiger partial charge in [-0.2, -0.15) is 0 Å². The number of quaternary nitrogens is 1. The van der Waals surface area contributed by atoms with Crippen LogP contribution in [0.2, 0.25) is 0 Å². The van der Waals surface area contributed by atoms with Crippen molar-refractivity contribution in [1.29, 1.82) is 0 Å². The first kappa shape index (κ1) is 10.4. The maximum absolute atomic E-state index is 4.30. The van der Waals surface area contributed by atoms with Crippen molar-refractivity contribution in [2.75, 3.05) is 26.8 Å². The molecule has 1 heterocycles. The van der Waals surface area contributed by atoms with E-state index in [9.17, 15) is 0 Å². The average molecular weight is 182 g/mol. The average Bonchev–Trinajstić information content (AvgIpc) is 2.18. The molecule has 0 unspecified atom stereocenters. The molecule has 0 aromatic rings. The molecule has 0 aromatic carbocycles. The molecular formula is C10H20N3+. The SMILES string of the molecule is C=NC[N+]1(C(C)=NC)CCCCC1. The van der Waals surface area contributed by atoms with Gasteiger partial charge in [0, 0.05) is 14.0 Å². The Kier molecular flexibility index (Phi) is 3.60. The van der Waals surface area contributed by atoms with Crippen LogP contribution in [0.1, 0.15) is 26.2 Å². The van der Waals surface area contributed by atoms with Crippen molar-refractivity contribution in [3.8, 4) is 0 Å². The lowest BCUT2D eigenvalue weighted by molar-refractivity contribution is -0.846. The molecule has 1 aliphatic heterocycles. The maximum atomic E-state index is 4.30. The van der Waals surface area contributed by atoms with Crippen LogP contribution in [0.25, 0.3) is 0 Å². The minimum atomic E-state index is 0.795. The highest BCUT2D eigenvalue weighted by Crippen LogP contribution is 2.19. The van der Waals surface area contributed by atoms with Gasteiger partial charge in [-0.25, -0.2) is 9.98 Å². The number of hydrogen-bond acceptors (Lipinski definition) is 2. The van der Waals surface area contributed by atoms with Gasteiger partial charge in [0.15, 0.2) is 12.5 Å². The lowest BCUT2D eigenvalue weighted by atomic mass is 10.1. The van der Waals surface area contributed by atoms with E-state index in [0.717, 1.165) is 11.2 Å². The van der Waals surface area contributed by atoms with Gasteiger partial charge in [0.1, 0.15) is 0 Å². The van der Waals surface area contributed by atoms with Gasteiger partial charge < -0.3 is 0 Å². The molecule has 0 saturated carbocycles. The second-order valence-electron chi connectivity index (χ2n) is 3.79. The molecule has 13 heavy (non-hydrogen) atoms. The first-order chi connectivity index (χ1) is 6.25. The molecule has 0 aliphatic carbocycles. The molecule has 0 amide bonds. The normalized spacial score (nSPS) is 22.8. The van der Waals surface area contributed by atoms with Crippen molar-refractivity contribution in [3.05, 3.63) is 0 Å². The van der Waals surface area contributed by atoms with E-state index in [4.69, 9.17) is 0 Å². The Bertz CT molecular complexity index is 202. The summed E-state index contributed by atoms with van der Waals surface area (Å²) in [6.07, 6.45) is 3.94. The third kappa shape index (κ3) is 2.15. The fraction of sp³-hybridized carbons (Fsp3) is 0.800. The minimum Gasteiger partial charge on any atom is -0.261 e. The van der Waals surface area contributed by atoms with Crippen LogP contribution in [-0.2, 0) is 0 Å². The predicted octanol–water partition coefficient (Wildman–Crippen LogP) is 1.69. The summed E-state index contributed by atoms with van der Waals surface area (Å²) in [5.41, 5.74) is 0. The highest BCUT2D eigenvalue weighted by Gasteiger charge is 2.32. The van der Waals surface area contributed by atoms with Crippen LogP contribution in [0, 0.1) is 0 Å². The number of hydrogen-bond donors (Lipinski definition) is 0. The summed E-state index contributed by atoms with van der Waals surface area (Å²) in [4.78, 5) is 8.35. The molecule has 0 atom stereocenters. The number of amidine groups is 1. The molecule has 0 spiro atoms. The summed E-state index contributed by atoms with van der Waals surface area (Å²) in [7, 11) is 1.87. The molecule has 0 radical (unpaired) electrons. The summed E-state index contributed by atoms with van der Waals surface area (Å²) < 4.78 is 0.944. The van der Waals surface area contributed by atoms with Gasteiger partial charge in [-0.3, -0.25) is 4.48 Å². The number of aliphatic imine (C=N–C) groups is 2. The second kappa shape index (κ2) is 4.51. The standard InChI is InChI=1S/C10H20N3/c1-10(12-3)13(9-11-2)7-5-4-6-8-13/h2,4-9H2,1,3H3/q+1. The Morgan fingerprint density at radius 3 is 2.38 bits per heavy atom. The largest absolute Gasteiger partial charge is 0.261 e. The van der Waals surface area contributed by atoms with E-state index in [-0.39, 0.29) is 0 Å². The molecular weight excluding hydrogens is 162 g/mol. The van der Waals surface area contributed by atoms with Crippen molar-refractivity contribution in [1.82, 2.24) is 0 Å². The summed E-state index contributed by atoms with van der Waals surface area (Å²) in [5.74, 6) is 1.20. The highest BCUT2D eigenvalue weighted by molar-refractivity contribution is 5.72. The van der Waals surface area contributed by atoms with E-state index in [2.05, 4.69) is 23.6 Å². The van der Waals surface area contributed by atoms with E-state index in [1.165, 1.54) is 38.2 Å². The van der Waals surface area contributed by atoms with Crippen molar-refractivity contribution >= 4 is 12.6 Å². The Hall–Kier alpha value is -0.700. The molecule has 1 saturated heterocycles. The van der Waals surface area contributed by atoms with Crippen LogP contribution in [0.5, 0.6) is 0 Å². The summed E-state index contributed by atoms with van der Waals surface area (Å²) in [6.45, 7) is 8.86. The number of rotatable bonds is 2. The Morgan fingerprint density at radius 1 is 1.31 bits per heavy atom. The van der Waals surface area contributed by atoms with Crippen LogP contribution >= 0.6 is 0 Å². The van der Waals surface area contributed by atoms with Gasteiger partial charge in [0.05, 0.1) is 13.1 Å². The highest BCUT2D eigenvalue weighted by atomic mass is 15.4.